The van der Waals surface area contributed by atoms with Crippen LogP contribution in [-0.4, -0.2) is 40.5 Å². The first-order valence-corrected chi connectivity index (χ1v) is 13.5. The Morgan fingerprint density at radius 2 is 1.93 bits per heavy atom. The molecular weight excluding hydrogens is 540 g/mol. The van der Waals surface area contributed by atoms with Gasteiger partial charge in [0.25, 0.3) is 5.91 Å². The van der Waals surface area contributed by atoms with E-state index in [0.29, 0.717) is 50.5 Å². The number of methoxy groups -OCH3 is 1. The lowest BCUT2D eigenvalue weighted by Gasteiger charge is -2.29. The Labute approximate surface area is 243 Å². The summed E-state index contributed by atoms with van der Waals surface area (Å²) in [4.78, 5) is 37.4. The normalized spacial score (nSPS) is 14.2. The lowest BCUT2D eigenvalue weighted by atomic mass is 10.0. The third kappa shape index (κ3) is 4.92. The minimum Gasteiger partial charge on any atom is -0.480 e. The Morgan fingerprint density at radius 3 is 2.56 bits per heavy atom. The van der Waals surface area contributed by atoms with Gasteiger partial charge in [-0.2, -0.15) is 5.26 Å². The monoisotopic (exact) mass is 568 g/mol. The molecule has 10 heteroatoms. The molecule has 41 heavy (non-hydrogen) atoms. The van der Waals surface area contributed by atoms with E-state index in [1.807, 2.05) is 49.6 Å². The molecule has 3 heterocycles. The summed E-state index contributed by atoms with van der Waals surface area (Å²) in [5.41, 5.74) is 5.18. The first kappa shape index (κ1) is 27.9. The van der Waals surface area contributed by atoms with Gasteiger partial charge in [0.05, 0.1) is 36.4 Å². The van der Waals surface area contributed by atoms with Crippen LogP contribution in [0.15, 0.2) is 54.7 Å². The zero-order valence-corrected chi connectivity index (χ0v) is 24.2. The van der Waals surface area contributed by atoms with Crippen molar-refractivity contribution in [2.75, 3.05) is 19.1 Å². The topological polar surface area (TPSA) is 113 Å². The number of hydrogen-bond donors (Lipinski definition) is 1. The molecule has 4 aromatic rings. The van der Waals surface area contributed by atoms with Crippen LogP contribution in [0.2, 0.25) is 5.02 Å². The number of anilines is 1. The molecule has 2 amide bonds. The molecule has 0 fully saturated rings. The van der Waals surface area contributed by atoms with Crippen LogP contribution in [-0.2, 0) is 11.2 Å². The number of hydrogen-bond acceptors (Lipinski definition) is 6. The van der Waals surface area contributed by atoms with E-state index in [9.17, 15) is 14.9 Å². The van der Waals surface area contributed by atoms with Gasteiger partial charge in [0.15, 0.2) is 5.69 Å². The van der Waals surface area contributed by atoms with Gasteiger partial charge in [0.1, 0.15) is 11.9 Å². The minimum atomic E-state index is -0.543. The number of benzene rings is 2. The number of imidazole rings is 1. The molecule has 1 aliphatic rings. The summed E-state index contributed by atoms with van der Waals surface area (Å²) in [5, 5.41) is 12.5. The molecule has 1 N–H and O–H groups in total. The number of carbonyl (C=O) groups is 2. The van der Waals surface area contributed by atoms with Crippen molar-refractivity contribution >= 4 is 29.1 Å². The Morgan fingerprint density at radius 1 is 1.20 bits per heavy atom. The Bertz CT molecular complexity index is 1700. The predicted molar refractivity (Wildman–Crippen MR) is 156 cm³/mol. The summed E-state index contributed by atoms with van der Waals surface area (Å²) in [6, 6.07) is 16.0. The quantitative estimate of drug-likeness (QED) is 0.319. The van der Waals surface area contributed by atoms with E-state index >= 15 is 0 Å². The van der Waals surface area contributed by atoms with Crippen molar-refractivity contribution in [2.45, 2.75) is 39.3 Å². The molecule has 2 aromatic carbocycles. The lowest BCUT2D eigenvalue weighted by molar-refractivity contribution is -0.119. The van der Waals surface area contributed by atoms with Crippen LogP contribution in [0.3, 0.4) is 0 Å². The van der Waals surface area contributed by atoms with Crippen molar-refractivity contribution in [3.63, 3.8) is 0 Å². The highest BCUT2D eigenvalue weighted by Crippen LogP contribution is 2.46. The van der Waals surface area contributed by atoms with Gasteiger partial charge in [-0.1, -0.05) is 29.8 Å². The second-order valence-electron chi connectivity index (χ2n) is 10.1. The van der Waals surface area contributed by atoms with E-state index in [1.54, 1.807) is 42.4 Å². The number of nitrogens with one attached hydrogen (secondary N) is 1. The van der Waals surface area contributed by atoms with Gasteiger partial charge < -0.3 is 14.6 Å². The molecule has 0 radical (unpaired) electrons. The molecule has 208 valence electrons. The van der Waals surface area contributed by atoms with Gasteiger partial charge in [-0.15, -0.1) is 0 Å². The summed E-state index contributed by atoms with van der Waals surface area (Å²) < 4.78 is 7.63. The first-order valence-electron chi connectivity index (χ1n) is 13.1. The minimum absolute atomic E-state index is 0.109. The zero-order chi connectivity index (χ0) is 29.4. The SMILES string of the molecule is CNC(=O)Cc1cnc(OC)c(-c2nc3c(n2C(C)C)C(c2ccc(C#N)cc2)N(c2cc(Cl)ccc2C)C3=O)c1. The fraction of sp³-hybridized carbons (Fsp3) is 0.258. The van der Waals surface area contributed by atoms with Gasteiger partial charge in [-0.05, 0) is 67.8 Å². The molecule has 1 atom stereocenters. The van der Waals surface area contributed by atoms with Gasteiger partial charge >= 0.3 is 0 Å². The van der Waals surface area contributed by atoms with E-state index in [4.69, 9.17) is 21.3 Å². The van der Waals surface area contributed by atoms with Crippen LogP contribution in [0.4, 0.5) is 5.69 Å². The highest BCUT2D eigenvalue weighted by atomic mass is 35.5. The van der Waals surface area contributed by atoms with Crippen molar-refractivity contribution in [1.82, 2.24) is 19.9 Å². The standard InChI is InChI=1S/C31H29ClN6O3/c1-17(2)37-28-26(36-29(37)23-12-20(13-25(39)34-4)16-35-30(23)41-5)31(40)38(24-14-22(32)11-6-18(24)3)27(28)21-9-7-19(15-33)8-10-21/h6-12,14,16-17,27H,13H2,1-5H3,(H,34,39). The van der Waals surface area contributed by atoms with Gasteiger partial charge in [0, 0.05) is 30.0 Å². The summed E-state index contributed by atoms with van der Waals surface area (Å²) >= 11 is 6.40. The van der Waals surface area contributed by atoms with Crippen LogP contribution < -0.4 is 15.0 Å². The Hall–Kier alpha value is -4.68. The van der Waals surface area contributed by atoms with Crippen molar-refractivity contribution in [3.8, 4) is 23.3 Å². The van der Waals surface area contributed by atoms with Crippen LogP contribution in [0.25, 0.3) is 11.4 Å². The average Bonchev–Trinajstić information content (AvgIpc) is 3.49. The predicted octanol–water partition coefficient (Wildman–Crippen LogP) is 5.41. The highest BCUT2D eigenvalue weighted by Gasteiger charge is 2.45. The van der Waals surface area contributed by atoms with Gasteiger partial charge in [0.2, 0.25) is 11.8 Å². The second-order valence-corrected chi connectivity index (χ2v) is 10.6. The lowest BCUT2D eigenvalue weighted by Crippen LogP contribution is -2.31. The molecule has 0 saturated carbocycles. The molecule has 0 spiro atoms. The number of aromatic nitrogens is 3. The van der Waals surface area contributed by atoms with E-state index in [1.165, 1.54) is 7.11 Å². The van der Waals surface area contributed by atoms with Crippen molar-refractivity contribution in [2.24, 2.45) is 0 Å². The Balaban J connectivity index is 1.77. The maximum absolute atomic E-state index is 14.2. The maximum Gasteiger partial charge on any atom is 0.279 e. The Kier molecular flexibility index (Phi) is 7.52. The fourth-order valence-corrected chi connectivity index (χ4v) is 5.42. The van der Waals surface area contributed by atoms with Crippen molar-refractivity contribution in [3.05, 3.63) is 93.4 Å². The van der Waals surface area contributed by atoms with Gasteiger partial charge in [-0.25, -0.2) is 9.97 Å². The molecular formula is C31H29ClN6O3. The van der Waals surface area contributed by atoms with E-state index < -0.39 is 6.04 Å². The van der Waals surface area contributed by atoms with E-state index in [-0.39, 0.29) is 24.3 Å². The summed E-state index contributed by atoms with van der Waals surface area (Å²) in [7, 11) is 3.10. The number of pyridine rings is 1. The summed E-state index contributed by atoms with van der Waals surface area (Å²) in [6.45, 7) is 5.97. The first-order chi connectivity index (χ1) is 19.7. The number of likely N-dealkylation sites (N-methyl/N-ethyl adjacent to an activating group) is 1. The number of nitriles is 1. The number of carbonyl (C=O) groups excluding carboxylic acids is 2. The summed E-state index contributed by atoms with van der Waals surface area (Å²) in [6.07, 6.45) is 1.74. The van der Waals surface area contributed by atoms with Crippen molar-refractivity contribution < 1.29 is 14.3 Å². The molecule has 5 rings (SSSR count). The number of rotatable bonds is 7. The number of aryl methyl sites for hydroxylation is 1. The average molecular weight is 569 g/mol. The van der Waals surface area contributed by atoms with Crippen LogP contribution in [0.1, 0.15) is 64.4 Å². The van der Waals surface area contributed by atoms with Crippen LogP contribution >= 0.6 is 11.6 Å². The second kappa shape index (κ2) is 11.1. The maximum atomic E-state index is 14.2. The molecule has 9 nitrogen and oxygen atoms in total. The fourth-order valence-electron chi connectivity index (χ4n) is 5.26. The highest BCUT2D eigenvalue weighted by molar-refractivity contribution is 6.31. The zero-order valence-electron chi connectivity index (χ0n) is 23.4. The molecule has 1 aliphatic heterocycles. The summed E-state index contributed by atoms with van der Waals surface area (Å²) in [5.74, 6) is 0.429. The number of ether oxygens (including phenoxy) is 1. The van der Waals surface area contributed by atoms with E-state index in [0.717, 1.165) is 11.1 Å². The third-order valence-corrected chi connectivity index (χ3v) is 7.41. The molecule has 2 aromatic heterocycles. The van der Waals surface area contributed by atoms with Crippen LogP contribution in [0, 0.1) is 18.3 Å². The molecule has 1 unspecified atom stereocenters. The number of nitrogens with zero attached hydrogens (tertiary/aromatic N) is 5. The third-order valence-electron chi connectivity index (χ3n) is 7.17. The molecule has 0 bridgehead atoms. The van der Waals surface area contributed by atoms with E-state index in [2.05, 4.69) is 16.4 Å². The van der Waals surface area contributed by atoms with Crippen LogP contribution in [0.5, 0.6) is 5.88 Å². The molecule has 0 aliphatic carbocycles. The number of amides is 2. The van der Waals surface area contributed by atoms with Crippen molar-refractivity contribution in [1.29, 1.82) is 5.26 Å². The number of fused-ring (bicyclic) bond motifs is 1. The largest absolute Gasteiger partial charge is 0.480 e. The smallest absolute Gasteiger partial charge is 0.279 e. The number of halogens is 1. The van der Waals surface area contributed by atoms with Gasteiger partial charge in [-0.3, -0.25) is 14.5 Å². The molecule has 0 saturated heterocycles.